The van der Waals surface area contributed by atoms with Crippen molar-refractivity contribution in [2.45, 2.75) is 12.8 Å². The van der Waals surface area contributed by atoms with Crippen LogP contribution in [0.3, 0.4) is 0 Å². The molecule has 0 saturated carbocycles. The van der Waals surface area contributed by atoms with Crippen LogP contribution in [0.25, 0.3) is 0 Å². The van der Waals surface area contributed by atoms with Crippen LogP contribution in [0.4, 0.5) is 0 Å². The Kier molecular flexibility index (Phi) is 4.69. The maximum absolute atomic E-state index is 7.60. The molecule has 4 nitrogen and oxygen atoms in total. The third-order valence-corrected chi connectivity index (χ3v) is 2.92. The van der Waals surface area contributed by atoms with Crippen LogP contribution in [-0.4, -0.2) is 37.8 Å². The Balaban J connectivity index is 0.000000686. The zero-order valence-electron chi connectivity index (χ0n) is 10.3. The van der Waals surface area contributed by atoms with E-state index in [1.807, 2.05) is 4.90 Å². The van der Waals surface area contributed by atoms with Crippen molar-refractivity contribution in [1.29, 1.82) is 5.41 Å². The third kappa shape index (κ3) is 2.84. The fourth-order valence-corrected chi connectivity index (χ4v) is 2.04. The number of methoxy groups -OCH3 is 1. The first-order chi connectivity index (χ1) is 8.24. The summed E-state index contributed by atoms with van der Waals surface area (Å²) in [5, 5.41) is 7.60. The van der Waals surface area contributed by atoms with E-state index in [2.05, 4.69) is 30.9 Å². The van der Waals surface area contributed by atoms with Gasteiger partial charge in [0.25, 0.3) is 0 Å². The van der Waals surface area contributed by atoms with Crippen LogP contribution in [0, 0.1) is 5.41 Å². The van der Waals surface area contributed by atoms with Gasteiger partial charge in [0, 0.05) is 19.5 Å². The molecule has 2 rings (SSSR count). The van der Waals surface area contributed by atoms with Crippen LogP contribution in [0.15, 0.2) is 41.1 Å². The zero-order chi connectivity index (χ0) is 12.8. The quantitative estimate of drug-likeness (QED) is 0.429. The molecule has 1 aliphatic carbocycles. The first-order valence-corrected chi connectivity index (χ1v) is 5.50. The highest BCUT2D eigenvalue weighted by Gasteiger charge is 2.25. The lowest BCUT2D eigenvalue weighted by atomic mass is 9.99. The van der Waals surface area contributed by atoms with Gasteiger partial charge in [-0.2, -0.15) is 0 Å². The van der Waals surface area contributed by atoms with Crippen LogP contribution < -0.4 is 0 Å². The van der Waals surface area contributed by atoms with Crippen LogP contribution in [0.5, 0.6) is 0 Å². The van der Waals surface area contributed by atoms with Gasteiger partial charge in [0.05, 0.1) is 12.9 Å². The van der Waals surface area contributed by atoms with Crippen molar-refractivity contribution in [2.24, 2.45) is 4.99 Å². The van der Waals surface area contributed by atoms with Crippen molar-refractivity contribution >= 4 is 12.7 Å². The molecule has 2 aliphatic rings. The van der Waals surface area contributed by atoms with Crippen LogP contribution in [-0.2, 0) is 4.74 Å². The summed E-state index contributed by atoms with van der Waals surface area (Å²) < 4.78 is 5.24. The standard InChI is InChI=1S/C11H15N3O.C2H4/c1-13-11(12)14-6-8-3-4-10(15-2)5-9(8)7-14;1-2/h5,12H,1,3-4,6-7H2,2H3;1-2H2. The second kappa shape index (κ2) is 6.03. The summed E-state index contributed by atoms with van der Waals surface area (Å²) in [6.45, 7) is 11.0. The van der Waals surface area contributed by atoms with Crippen LogP contribution in [0.1, 0.15) is 12.8 Å². The number of allylic oxidation sites excluding steroid dienone is 1. The van der Waals surface area contributed by atoms with Gasteiger partial charge in [-0.05, 0) is 30.4 Å². The van der Waals surface area contributed by atoms with Gasteiger partial charge in [0.1, 0.15) is 0 Å². The molecule has 0 amide bonds. The fraction of sp³-hybridized carbons (Fsp3) is 0.385. The number of rotatable bonds is 1. The maximum atomic E-state index is 7.60. The van der Waals surface area contributed by atoms with Crippen molar-refractivity contribution in [3.63, 3.8) is 0 Å². The molecular formula is C13H19N3O. The van der Waals surface area contributed by atoms with E-state index in [9.17, 15) is 0 Å². The number of hydrogen-bond acceptors (Lipinski definition) is 2. The number of ether oxygens (including phenoxy) is 1. The van der Waals surface area contributed by atoms with Gasteiger partial charge in [-0.3, -0.25) is 5.41 Å². The molecule has 0 saturated heterocycles. The summed E-state index contributed by atoms with van der Waals surface area (Å²) in [4.78, 5) is 5.57. The summed E-state index contributed by atoms with van der Waals surface area (Å²) in [6.07, 6.45) is 4.10. The van der Waals surface area contributed by atoms with Gasteiger partial charge < -0.3 is 9.64 Å². The van der Waals surface area contributed by atoms with Crippen molar-refractivity contribution < 1.29 is 4.74 Å². The number of nitrogens with zero attached hydrogens (tertiary/aromatic N) is 2. The first-order valence-electron chi connectivity index (χ1n) is 5.50. The normalized spacial score (nSPS) is 17.7. The molecular weight excluding hydrogens is 214 g/mol. The van der Waals surface area contributed by atoms with E-state index in [1.54, 1.807) is 7.11 Å². The van der Waals surface area contributed by atoms with E-state index < -0.39 is 0 Å². The minimum atomic E-state index is 0.261. The highest BCUT2D eigenvalue weighted by atomic mass is 16.5. The third-order valence-electron chi connectivity index (χ3n) is 2.92. The first kappa shape index (κ1) is 13.2. The van der Waals surface area contributed by atoms with Crippen LogP contribution >= 0.6 is 0 Å². The van der Waals surface area contributed by atoms with Gasteiger partial charge in [0.15, 0.2) is 0 Å². The topological polar surface area (TPSA) is 48.7 Å². The van der Waals surface area contributed by atoms with E-state index in [0.29, 0.717) is 0 Å². The summed E-state index contributed by atoms with van der Waals surface area (Å²) >= 11 is 0. The lowest BCUT2D eigenvalue weighted by Crippen LogP contribution is -2.26. The van der Waals surface area contributed by atoms with Crippen molar-refractivity contribution in [1.82, 2.24) is 4.90 Å². The predicted octanol–water partition coefficient (Wildman–Crippen LogP) is 2.36. The van der Waals surface area contributed by atoms with Crippen molar-refractivity contribution in [3.8, 4) is 0 Å². The second-order valence-corrected chi connectivity index (χ2v) is 3.78. The Morgan fingerprint density at radius 3 is 2.71 bits per heavy atom. The summed E-state index contributed by atoms with van der Waals surface area (Å²) in [5.41, 5.74) is 2.69. The van der Waals surface area contributed by atoms with E-state index in [1.165, 1.54) is 11.1 Å². The van der Waals surface area contributed by atoms with E-state index in [0.717, 1.165) is 31.7 Å². The molecule has 0 spiro atoms. The lowest BCUT2D eigenvalue weighted by Gasteiger charge is -2.14. The largest absolute Gasteiger partial charge is 0.501 e. The summed E-state index contributed by atoms with van der Waals surface area (Å²) in [5.74, 6) is 1.30. The highest BCUT2D eigenvalue weighted by Crippen LogP contribution is 2.30. The van der Waals surface area contributed by atoms with Crippen molar-refractivity contribution in [2.75, 3.05) is 20.2 Å². The Bertz CT molecular complexity index is 382. The second-order valence-electron chi connectivity index (χ2n) is 3.78. The zero-order valence-corrected chi connectivity index (χ0v) is 10.3. The Morgan fingerprint density at radius 1 is 1.41 bits per heavy atom. The molecule has 0 bridgehead atoms. The molecule has 17 heavy (non-hydrogen) atoms. The molecule has 1 heterocycles. The smallest absolute Gasteiger partial charge is 0.217 e. The highest BCUT2D eigenvalue weighted by molar-refractivity contribution is 5.82. The number of aliphatic imine (C=N–C) groups is 1. The minimum Gasteiger partial charge on any atom is -0.501 e. The summed E-state index contributed by atoms with van der Waals surface area (Å²) in [6, 6.07) is 0. The molecule has 0 aromatic carbocycles. The fourth-order valence-electron chi connectivity index (χ4n) is 2.04. The molecule has 0 aromatic rings. The molecule has 0 atom stereocenters. The average Bonchev–Trinajstić information content (AvgIpc) is 2.82. The average molecular weight is 233 g/mol. The van der Waals surface area contributed by atoms with Gasteiger partial charge in [-0.1, -0.05) is 0 Å². The lowest BCUT2D eigenvalue weighted by molar-refractivity contribution is 0.275. The SMILES string of the molecule is C=C.C=NC(=N)N1CC2=C(CCC(OC)=C2)C1. The molecule has 1 N–H and O–H groups in total. The Labute approximate surface area is 102 Å². The van der Waals surface area contributed by atoms with Crippen LogP contribution in [0.2, 0.25) is 0 Å². The van der Waals surface area contributed by atoms with Gasteiger partial charge in [0.2, 0.25) is 5.96 Å². The maximum Gasteiger partial charge on any atom is 0.217 e. The molecule has 0 unspecified atom stereocenters. The summed E-state index contributed by atoms with van der Waals surface area (Å²) in [7, 11) is 1.71. The monoisotopic (exact) mass is 233 g/mol. The van der Waals surface area contributed by atoms with E-state index >= 15 is 0 Å². The number of hydrogen-bond donors (Lipinski definition) is 1. The van der Waals surface area contributed by atoms with Gasteiger partial charge in [-0.25, -0.2) is 4.99 Å². The molecule has 92 valence electrons. The molecule has 1 aliphatic heterocycles. The van der Waals surface area contributed by atoms with E-state index in [4.69, 9.17) is 10.1 Å². The molecule has 4 heteroatoms. The van der Waals surface area contributed by atoms with Gasteiger partial charge in [-0.15, -0.1) is 13.2 Å². The molecule has 0 radical (unpaired) electrons. The number of guanidine groups is 1. The predicted molar refractivity (Wildman–Crippen MR) is 71.5 cm³/mol. The Morgan fingerprint density at radius 2 is 2.12 bits per heavy atom. The van der Waals surface area contributed by atoms with E-state index in [-0.39, 0.29) is 5.96 Å². The van der Waals surface area contributed by atoms with Gasteiger partial charge >= 0.3 is 0 Å². The molecule has 0 aromatic heterocycles. The molecule has 0 fully saturated rings. The van der Waals surface area contributed by atoms with Crippen molar-refractivity contribution in [3.05, 3.63) is 36.1 Å². The Hall–Kier alpha value is -1.84. The minimum absolute atomic E-state index is 0.261. The number of nitrogens with one attached hydrogen (secondary N) is 1.